The summed E-state index contributed by atoms with van der Waals surface area (Å²) in [5.41, 5.74) is 0. The molecular formula is C15H22N4O2. The Morgan fingerprint density at radius 3 is 2.81 bits per heavy atom. The molecule has 1 aromatic heterocycles. The van der Waals surface area contributed by atoms with Gasteiger partial charge in [0.05, 0.1) is 0 Å². The smallest absolute Gasteiger partial charge is 0.251 e. The fraction of sp³-hybridized carbons (Fsp3) is 0.667. The molecule has 6 nitrogen and oxygen atoms in total. The van der Waals surface area contributed by atoms with Crippen molar-refractivity contribution >= 4 is 11.7 Å². The van der Waals surface area contributed by atoms with Gasteiger partial charge in [0.1, 0.15) is 6.10 Å². The number of rotatable bonds is 3. The van der Waals surface area contributed by atoms with Gasteiger partial charge < -0.3 is 14.5 Å². The molecule has 3 heterocycles. The number of ether oxygens (including phenoxy) is 1. The maximum absolute atomic E-state index is 12.3. The summed E-state index contributed by atoms with van der Waals surface area (Å²) in [4.78, 5) is 16.4. The number of carbonyl (C=O) groups is 1. The molecule has 0 N–H and O–H groups in total. The molecule has 0 bridgehead atoms. The largest absolute Gasteiger partial charge is 0.368 e. The fourth-order valence-corrected chi connectivity index (χ4v) is 3.12. The number of hydrogen-bond donors (Lipinski definition) is 0. The number of piperidine rings is 1. The second-order valence-corrected chi connectivity index (χ2v) is 5.75. The summed E-state index contributed by atoms with van der Waals surface area (Å²) in [6.45, 7) is 2.32. The van der Waals surface area contributed by atoms with E-state index < -0.39 is 0 Å². The van der Waals surface area contributed by atoms with E-state index in [1.807, 2.05) is 24.1 Å². The van der Waals surface area contributed by atoms with Crippen molar-refractivity contribution in [2.75, 3.05) is 31.6 Å². The molecule has 21 heavy (non-hydrogen) atoms. The second-order valence-electron chi connectivity index (χ2n) is 5.75. The van der Waals surface area contributed by atoms with Gasteiger partial charge in [-0.15, -0.1) is 5.10 Å². The molecule has 1 aromatic rings. The van der Waals surface area contributed by atoms with E-state index in [-0.39, 0.29) is 12.0 Å². The van der Waals surface area contributed by atoms with Crippen LogP contribution in [0.2, 0.25) is 0 Å². The number of nitrogens with zero attached hydrogens (tertiary/aromatic N) is 4. The van der Waals surface area contributed by atoms with Crippen molar-refractivity contribution < 1.29 is 9.53 Å². The Morgan fingerprint density at radius 1 is 1.38 bits per heavy atom. The molecule has 6 heteroatoms. The summed E-state index contributed by atoms with van der Waals surface area (Å²) in [5.74, 6) is 1.06. The van der Waals surface area contributed by atoms with Crippen LogP contribution in [0.4, 0.5) is 5.82 Å². The third kappa shape index (κ3) is 3.15. The molecular weight excluding hydrogens is 268 g/mol. The number of likely N-dealkylation sites (tertiary alicyclic amines) is 1. The first-order valence-electron chi connectivity index (χ1n) is 7.66. The van der Waals surface area contributed by atoms with Crippen LogP contribution in [0.3, 0.4) is 0 Å². The van der Waals surface area contributed by atoms with Gasteiger partial charge in [0.2, 0.25) is 0 Å². The van der Waals surface area contributed by atoms with Gasteiger partial charge >= 0.3 is 0 Å². The van der Waals surface area contributed by atoms with E-state index >= 15 is 0 Å². The molecule has 2 aliphatic rings. The molecule has 2 saturated heterocycles. The Kier molecular flexibility index (Phi) is 4.34. The van der Waals surface area contributed by atoms with Gasteiger partial charge in [-0.3, -0.25) is 4.79 Å². The highest BCUT2D eigenvalue weighted by Gasteiger charge is 2.31. The summed E-state index contributed by atoms with van der Waals surface area (Å²) in [5, 5.41) is 8.07. The number of anilines is 1. The molecule has 0 aliphatic carbocycles. The van der Waals surface area contributed by atoms with Crippen molar-refractivity contribution in [2.45, 2.75) is 37.8 Å². The number of carbonyl (C=O) groups excluding carboxylic acids is 1. The minimum atomic E-state index is -0.195. The number of hydrogen-bond acceptors (Lipinski definition) is 5. The summed E-state index contributed by atoms with van der Waals surface area (Å²) in [6, 6.07) is 4.28. The highest BCUT2D eigenvalue weighted by atomic mass is 16.5. The molecule has 0 saturated carbocycles. The monoisotopic (exact) mass is 290 g/mol. The maximum Gasteiger partial charge on any atom is 0.251 e. The highest BCUT2D eigenvalue weighted by Crippen LogP contribution is 2.22. The summed E-state index contributed by atoms with van der Waals surface area (Å²) in [6.07, 6.45) is 5.29. The fourth-order valence-electron chi connectivity index (χ4n) is 3.12. The van der Waals surface area contributed by atoms with Crippen molar-refractivity contribution in [3.05, 3.63) is 18.3 Å². The first kappa shape index (κ1) is 14.3. The minimum Gasteiger partial charge on any atom is -0.368 e. The van der Waals surface area contributed by atoms with Gasteiger partial charge in [0.15, 0.2) is 5.82 Å². The average molecular weight is 290 g/mol. The Balaban J connectivity index is 1.54. The predicted octanol–water partition coefficient (Wildman–Crippen LogP) is 1.08. The zero-order valence-electron chi connectivity index (χ0n) is 12.4. The Hall–Kier alpha value is -1.69. The Morgan fingerprint density at radius 2 is 2.19 bits per heavy atom. The van der Waals surface area contributed by atoms with Crippen LogP contribution in [0, 0.1) is 0 Å². The molecule has 1 amide bonds. The topological polar surface area (TPSA) is 58.6 Å². The molecule has 0 spiro atoms. The van der Waals surface area contributed by atoms with E-state index in [2.05, 4.69) is 15.1 Å². The molecule has 1 atom stereocenters. The van der Waals surface area contributed by atoms with Crippen LogP contribution in [0.15, 0.2) is 18.3 Å². The van der Waals surface area contributed by atoms with Crippen molar-refractivity contribution in [3.8, 4) is 0 Å². The lowest BCUT2D eigenvalue weighted by Crippen LogP contribution is -2.48. The van der Waals surface area contributed by atoms with Gasteiger partial charge in [0, 0.05) is 39.0 Å². The van der Waals surface area contributed by atoms with Gasteiger partial charge in [-0.2, -0.15) is 5.10 Å². The molecule has 3 rings (SSSR count). The van der Waals surface area contributed by atoms with Crippen LogP contribution >= 0.6 is 0 Å². The molecule has 0 aromatic carbocycles. The first-order valence-corrected chi connectivity index (χ1v) is 7.66. The quantitative estimate of drug-likeness (QED) is 0.834. The maximum atomic E-state index is 12.3. The van der Waals surface area contributed by atoms with Gasteiger partial charge in [0.25, 0.3) is 5.91 Å². The average Bonchev–Trinajstić information content (AvgIpc) is 3.09. The van der Waals surface area contributed by atoms with Gasteiger partial charge in [-0.25, -0.2) is 0 Å². The van der Waals surface area contributed by atoms with E-state index in [4.69, 9.17) is 4.74 Å². The van der Waals surface area contributed by atoms with Gasteiger partial charge in [-0.05, 0) is 37.8 Å². The SMILES string of the molecule is CN(c1cccnn1)C1CCN(C(=O)C2CCCO2)CC1. The Bertz CT molecular complexity index is 468. The molecule has 2 aliphatic heterocycles. The van der Waals surface area contributed by atoms with Crippen molar-refractivity contribution in [2.24, 2.45) is 0 Å². The molecule has 0 radical (unpaired) electrons. The van der Waals surface area contributed by atoms with E-state index in [0.29, 0.717) is 6.04 Å². The van der Waals surface area contributed by atoms with Crippen molar-refractivity contribution in [3.63, 3.8) is 0 Å². The first-order chi connectivity index (χ1) is 10.3. The van der Waals surface area contributed by atoms with E-state index in [1.54, 1.807) is 6.20 Å². The zero-order valence-corrected chi connectivity index (χ0v) is 12.4. The lowest BCUT2D eigenvalue weighted by molar-refractivity contribution is -0.141. The van der Waals surface area contributed by atoms with E-state index in [1.165, 1.54) is 0 Å². The van der Waals surface area contributed by atoms with Crippen molar-refractivity contribution in [1.82, 2.24) is 15.1 Å². The third-order valence-electron chi connectivity index (χ3n) is 4.45. The second kappa shape index (κ2) is 6.39. The molecule has 1 unspecified atom stereocenters. The summed E-state index contributed by atoms with van der Waals surface area (Å²) in [7, 11) is 2.05. The Labute approximate surface area is 125 Å². The highest BCUT2D eigenvalue weighted by molar-refractivity contribution is 5.81. The van der Waals surface area contributed by atoms with Crippen molar-refractivity contribution in [1.29, 1.82) is 0 Å². The number of aromatic nitrogens is 2. The van der Waals surface area contributed by atoms with Crippen LogP contribution in [0.5, 0.6) is 0 Å². The van der Waals surface area contributed by atoms with Crippen LogP contribution in [0.25, 0.3) is 0 Å². The predicted molar refractivity (Wildman–Crippen MR) is 79.0 cm³/mol. The zero-order chi connectivity index (χ0) is 14.7. The normalized spacial score (nSPS) is 23.3. The van der Waals surface area contributed by atoms with E-state index in [9.17, 15) is 4.79 Å². The minimum absolute atomic E-state index is 0.174. The number of amides is 1. The van der Waals surface area contributed by atoms with Crippen LogP contribution in [0.1, 0.15) is 25.7 Å². The molecule has 2 fully saturated rings. The summed E-state index contributed by atoms with van der Waals surface area (Å²) >= 11 is 0. The van der Waals surface area contributed by atoms with E-state index in [0.717, 1.165) is 51.2 Å². The lowest BCUT2D eigenvalue weighted by atomic mass is 10.0. The van der Waals surface area contributed by atoms with Crippen LogP contribution in [-0.2, 0) is 9.53 Å². The summed E-state index contributed by atoms with van der Waals surface area (Å²) < 4.78 is 5.49. The lowest BCUT2D eigenvalue weighted by Gasteiger charge is -2.37. The van der Waals surface area contributed by atoms with Crippen LogP contribution < -0.4 is 4.90 Å². The van der Waals surface area contributed by atoms with Gasteiger partial charge in [-0.1, -0.05) is 0 Å². The van der Waals surface area contributed by atoms with Crippen LogP contribution in [-0.4, -0.2) is 59.9 Å². The standard InChI is InChI=1S/C15H22N4O2/c1-18(14-5-2-8-16-17-14)12-6-9-19(10-7-12)15(20)13-4-3-11-21-13/h2,5,8,12-13H,3-4,6-7,9-11H2,1H3. The molecule has 114 valence electrons. The third-order valence-corrected chi connectivity index (χ3v) is 4.45.